The number of methoxy groups -OCH3 is 1. The Bertz CT molecular complexity index is 1190. The third kappa shape index (κ3) is 4.67. The number of rotatable bonds is 7. The van der Waals surface area contributed by atoms with E-state index in [9.17, 15) is 0 Å². The van der Waals surface area contributed by atoms with Crippen molar-refractivity contribution in [1.29, 1.82) is 0 Å². The van der Waals surface area contributed by atoms with E-state index in [1.165, 1.54) is 16.4 Å². The second-order valence-electron chi connectivity index (χ2n) is 6.57. The van der Waals surface area contributed by atoms with Gasteiger partial charge in [-0.1, -0.05) is 30.0 Å². The molecule has 0 spiro atoms. The van der Waals surface area contributed by atoms with Crippen molar-refractivity contribution in [1.82, 2.24) is 29.8 Å². The van der Waals surface area contributed by atoms with Crippen molar-refractivity contribution in [2.24, 2.45) is 0 Å². The van der Waals surface area contributed by atoms with E-state index in [0.717, 1.165) is 22.6 Å². The largest absolute Gasteiger partial charge is 0.497 e. The number of thioether (sulfide) groups is 1. The van der Waals surface area contributed by atoms with Gasteiger partial charge in [-0.25, -0.2) is 4.68 Å². The normalized spacial score (nSPS) is 10.8. The fourth-order valence-electron chi connectivity index (χ4n) is 2.83. The van der Waals surface area contributed by atoms with Crippen molar-refractivity contribution >= 4 is 29.3 Å². The van der Waals surface area contributed by atoms with Crippen LogP contribution in [0.1, 0.15) is 11.4 Å². The number of hydrogen-bond donors (Lipinski definition) is 3. The number of nitrogens with zero attached hydrogens (tertiary/aromatic N) is 6. The number of benzene rings is 2. The van der Waals surface area contributed by atoms with Gasteiger partial charge in [0.15, 0.2) is 5.82 Å². The molecule has 0 fully saturated rings. The van der Waals surface area contributed by atoms with Gasteiger partial charge in [0.1, 0.15) is 11.6 Å². The van der Waals surface area contributed by atoms with E-state index >= 15 is 0 Å². The number of aryl methyl sites for hydroxylation is 1. The van der Waals surface area contributed by atoms with E-state index in [0.29, 0.717) is 28.5 Å². The summed E-state index contributed by atoms with van der Waals surface area (Å²) in [5.41, 5.74) is 8.67. The Kier molecular flexibility index (Phi) is 5.85. The van der Waals surface area contributed by atoms with Crippen LogP contribution < -0.4 is 21.6 Å². The Hall–Kier alpha value is -3.86. The second kappa shape index (κ2) is 8.88. The predicted octanol–water partition coefficient (Wildman–Crippen LogP) is 2.78. The topological polar surface area (TPSA) is 143 Å². The average molecular weight is 436 g/mol. The van der Waals surface area contributed by atoms with Crippen molar-refractivity contribution in [3.05, 3.63) is 59.9 Å². The van der Waals surface area contributed by atoms with Gasteiger partial charge in [0, 0.05) is 11.3 Å². The molecule has 0 radical (unpaired) electrons. The van der Waals surface area contributed by atoms with Crippen LogP contribution in [0.2, 0.25) is 0 Å². The molecule has 11 heteroatoms. The average Bonchev–Trinajstić information content (AvgIpc) is 3.14. The van der Waals surface area contributed by atoms with Crippen LogP contribution in [0.3, 0.4) is 0 Å². The standard InChI is InChI=1S/C20H21N9OS/c1-12-5-3-4-6-15(12)23-19-25-16(24-18(21)26-19)11-31-20-28-27-17(29(20)22)13-7-9-14(30-2)10-8-13/h3-10H,11,22H2,1-2H3,(H3,21,23,24,25,26). The van der Waals surface area contributed by atoms with Crippen molar-refractivity contribution in [3.8, 4) is 17.1 Å². The first-order valence-electron chi connectivity index (χ1n) is 9.34. The lowest BCUT2D eigenvalue weighted by atomic mass is 10.2. The maximum Gasteiger partial charge on any atom is 0.232 e. The zero-order valence-electron chi connectivity index (χ0n) is 17.0. The fourth-order valence-corrected chi connectivity index (χ4v) is 3.54. The van der Waals surface area contributed by atoms with Crippen LogP contribution >= 0.6 is 11.8 Å². The Morgan fingerprint density at radius 2 is 1.81 bits per heavy atom. The van der Waals surface area contributed by atoms with Crippen LogP contribution in [0.4, 0.5) is 17.6 Å². The molecule has 0 saturated carbocycles. The molecule has 2 heterocycles. The predicted molar refractivity (Wildman–Crippen MR) is 120 cm³/mol. The van der Waals surface area contributed by atoms with Crippen molar-refractivity contribution < 1.29 is 4.74 Å². The minimum Gasteiger partial charge on any atom is -0.497 e. The lowest BCUT2D eigenvalue weighted by Crippen LogP contribution is -2.12. The van der Waals surface area contributed by atoms with E-state index in [1.807, 2.05) is 55.5 Å². The summed E-state index contributed by atoms with van der Waals surface area (Å²) in [6, 6.07) is 15.3. The van der Waals surface area contributed by atoms with E-state index < -0.39 is 0 Å². The number of aromatic nitrogens is 6. The molecule has 5 N–H and O–H groups in total. The van der Waals surface area contributed by atoms with Crippen LogP contribution in [0.5, 0.6) is 5.75 Å². The molecule has 0 aliphatic carbocycles. The Morgan fingerprint density at radius 3 is 2.55 bits per heavy atom. The molecule has 4 aromatic rings. The van der Waals surface area contributed by atoms with Gasteiger partial charge in [-0.15, -0.1) is 10.2 Å². The number of para-hydroxylation sites is 1. The summed E-state index contributed by atoms with van der Waals surface area (Å²) >= 11 is 1.35. The van der Waals surface area contributed by atoms with Crippen molar-refractivity contribution in [3.63, 3.8) is 0 Å². The summed E-state index contributed by atoms with van der Waals surface area (Å²) in [6.45, 7) is 2.00. The molecule has 0 bridgehead atoms. The lowest BCUT2D eigenvalue weighted by molar-refractivity contribution is 0.415. The fraction of sp³-hybridized carbons (Fsp3) is 0.150. The van der Waals surface area contributed by atoms with Crippen LogP contribution in [-0.2, 0) is 5.75 Å². The van der Waals surface area contributed by atoms with Gasteiger partial charge in [0.05, 0.1) is 12.9 Å². The number of nitrogens with one attached hydrogen (secondary N) is 1. The number of nitrogen functional groups attached to an aromatic ring is 2. The molecule has 0 saturated heterocycles. The first-order chi connectivity index (χ1) is 15.0. The number of nitrogens with two attached hydrogens (primary N) is 2. The van der Waals surface area contributed by atoms with E-state index in [1.54, 1.807) is 7.11 Å². The summed E-state index contributed by atoms with van der Waals surface area (Å²) in [7, 11) is 1.62. The van der Waals surface area contributed by atoms with Crippen LogP contribution in [0.25, 0.3) is 11.4 Å². The van der Waals surface area contributed by atoms with Crippen molar-refractivity contribution in [2.45, 2.75) is 17.8 Å². The zero-order valence-corrected chi connectivity index (χ0v) is 17.8. The molecule has 0 atom stereocenters. The molecule has 2 aromatic carbocycles. The van der Waals surface area contributed by atoms with Gasteiger partial charge < -0.3 is 21.6 Å². The Labute approximate surface area is 183 Å². The zero-order chi connectivity index (χ0) is 21.8. The molecule has 0 aliphatic heterocycles. The molecule has 2 aromatic heterocycles. The van der Waals surface area contributed by atoms with Crippen LogP contribution in [0, 0.1) is 6.92 Å². The highest BCUT2D eigenvalue weighted by Crippen LogP contribution is 2.25. The summed E-state index contributed by atoms with van der Waals surface area (Å²) in [5, 5.41) is 12.1. The lowest BCUT2D eigenvalue weighted by Gasteiger charge is -2.09. The smallest absolute Gasteiger partial charge is 0.232 e. The summed E-state index contributed by atoms with van der Waals surface area (Å²) in [6.07, 6.45) is 0. The number of ether oxygens (including phenoxy) is 1. The molecule has 10 nitrogen and oxygen atoms in total. The Balaban J connectivity index is 1.48. The van der Waals surface area contributed by atoms with Crippen molar-refractivity contribution in [2.75, 3.05) is 24.0 Å². The van der Waals surface area contributed by atoms with Gasteiger partial charge >= 0.3 is 0 Å². The molecule has 158 valence electrons. The van der Waals surface area contributed by atoms with E-state index in [-0.39, 0.29) is 5.95 Å². The number of anilines is 3. The molecule has 31 heavy (non-hydrogen) atoms. The summed E-state index contributed by atoms with van der Waals surface area (Å²) < 4.78 is 6.61. The third-order valence-electron chi connectivity index (χ3n) is 4.43. The molecule has 0 amide bonds. The third-order valence-corrected chi connectivity index (χ3v) is 5.37. The molecule has 0 aliphatic rings. The summed E-state index contributed by atoms with van der Waals surface area (Å²) in [5.74, 6) is 8.91. The number of hydrogen-bond acceptors (Lipinski definition) is 10. The molecule has 0 unspecified atom stereocenters. The minimum absolute atomic E-state index is 0.134. The molecular weight excluding hydrogens is 414 g/mol. The highest BCUT2D eigenvalue weighted by Gasteiger charge is 2.14. The van der Waals surface area contributed by atoms with Crippen LogP contribution in [0.15, 0.2) is 53.7 Å². The Morgan fingerprint density at radius 1 is 1.03 bits per heavy atom. The van der Waals surface area contributed by atoms with E-state index in [2.05, 4.69) is 30.5 Å². The SMILES string of the molecule is COc1ccc(-c2nnc(SCc3nc(N)nc(Nc4ccccc4C)n3)n2N)cc1. The van der Waals surface area contributed by atoms with Gasteiger partial charge in [-0.2, -0.15) is 15.0 Å². The highest BCUT2D eigenvalue weighted by atomic mass is 32.2. The van der Waals surface area contributed by atoms with Gasteiger partial charge in [0.2, 0.25) is 17.1 Å². The second-order valence-corrected chi connectivity index (χ2v) is 7.51. The van der Waals surface area contributed by atoms with Gasteiger partial charge in [-0.05, 0) is 42.8 Å². The molecule has 4 rings (SSSR count). The quantitative estimate of drug-likeness (QED) is 0.293. The maximum atomic E-state index is 6.20. The first-order valence-corrected chi connectivity index (χ1v) is 10.3. The monoisotopic (exact) mass is 435 g/mol. The summed E-state index contributed by atoms with van der Waals surface area (Å²) in [4.78, 5) is 12.8. The highest BCUT2D eigenvalue weighted by molar-refractivity contribution is 7.98. The van der Waals surface area contributed by atoms with Gasteiger partial charge in [-0.3, -0.25) is 0 Å². The van der Waals surface area contributed by atoms with Gasteiger partial charge in [0.25, 0.3) is 0 Å². The molecular formula is C20H21N9OS. The van der Waals surface area contributed by atoms with Crippen LogP contribution in [-0.4, -0.2) is 36.9 Å². The van der Waals surface area contributed by atoms with E-state index in [4.69, 9.17) is 16.3 Å². The minimum atomic E-state index is 0.134. The maximum absolute atomic E-state index is 6.20. The first kappa shape index (κ1) is 20.4.